The van der Waals surface area contributed by atoms with Crippen LogP contribution in [0.1, 0.15) is 19.4 Å². The lowest BCUT2D eigenvalue weighted by molar-refractivity contribution is 0.220. The minimum atomic E-state index is -0.873. The van der Waals surface area contributed by atoms with Gasteiger partial charge in [0.25, 0.3) is 0 Å². The predicted octanol–water partition coefficient (Wildman–Crippen LogP) is 4.77. The van der Waals surface area contributed by atoms with Crippen molar-refractivity contribution in [3.63, 3.8) is 0 Å². The van der Waals surface area contributed by atoms with Gasteiger partial charge in [0.1, 0.15) is 5.82 Å². The van der Waals surface area contributed by atoms with E-state index in [0.29, 0.717) is 22.6 Å². The number of aromatic amines is 1. The monoisotopic (exact) mass is 427 g/mol. The highest BCUT2D eigenvalue weighted by molar-refractivity contribution is 5.78. The summed E-state index contributed by atoms with van der Waals surface area (Å²) in [4.78, 5) is 22.4. The normalized spacial score (nSPS) is 11.2. The third kappa shape index (κ3) is 4.32. The maximum Gasteiger partial charge on any atom is 0.417 e. The van der Waals surface area contributed by atoms with Gasteiger partial charge in [-0.3, -0.25) is 4.98 Å². The Kier molecular flexibility index (Phi) is 5.28. The average Bonchev–Trinajstić information content (AvgIpc) is 3.09. The van der Waals surface area contributed by atoms with Crippen molar-refractivity contribution in [1.29, 1.82) is 0 Å². The smallest absolute Gasteiger partial charge is 0.417 e. The Bertz CT molecular complexity index is 1320. The zero-order chi connectivity index (χ0) is 22.1. The first-order chi connectivity index (χ1) is 14.8. The molecule has 0 saturated carbocycles. The fraction of sp³-hybridized carbons (Fsp3) is 0.190. The maximum atomic E-state index is 14.7. The van der Waals surface area contributed by atoms with Crippen molar-refractivity contribution in [3.8, 4) is 5.75 Å². The summed E-state index contributed by atoms with van der Waals surface area (Å²) < 4.78 is 38.9. The van der Waals surface area contributed by atoms with Crippen LogP contribution in [0.2, 0.25) is 0 Å². The Hall–Kier alpha value is -3.95. The molecule has 0 spiro atoms. The van der Waals surface area contributed by atoms with Gasteiger partial charge in [-0.2, -0.15) is 4.98 Å². The van der Waals surface area contributed by atoms with Gasteiger partial charge in [0.05, 0.1) is 17.3 Å². The Labute approximate surface area is 175 Å². The van der Waals surface area contributed by atoms with E-state index in [1.54, 1.807) is 45.2 Å². The molecule has 0 fully saturated rings. The van der Waals surface area contributed by atoms with Crippen molar-refractivity contribution >= 4 is 34.2 Å². The molecule has 31 heavy (non-hydrogen) atoms. The van der Waals surface area contributed by atoms with Crippen molar-refractivity contribution < 1.29 is 17.9 Å². The second-order valence-electron chi connectivity index (χ2n) is 7.11. The number of ether oxygens (including phenoxy) is 1. The van der Waals surface area contributed by atoms with Gasteiger partial charge in [-0.05, 0) is 51.1 Å². The highest BCUT2D eigenvalue weighted by Gasteiger charge is 2.17. The van der Waals surface area contributed by atoms with Crippen LogP contribution in [0, 0.1) is 18.6 Å². The molecule has 2 aromatic carbocycles. The van der Waals surface area contributed by atoms with Gasteiger partial charge in [-0.15, -0.1) is 0 Å². The van der Waals surface area contributed by atoms with Gasteiger partial charge in [-0.25, -0.2) is 18.6 Å². The first kappa shape index (κ1) is 20.3. The fourth-order valence-electron chi connectivity index (χ4n) is 2.89. The van der Waals surface area contributed by atoms with Crippen LogP contribution in [0.5, 0.6) is 5.75 Å². The molecule has 0 amide bonds. The molecule has 160 valence electrons. The van der Waals surface area contributed by atoms with Gasteiger partial charge < -0.3 is 19.8 Å². The van der Waals surface area contributed by atoms with E-state index in [9.17, 15) is 13.6 Å². The summed E-state index contributed by atoms with van der Waals surface area (Å²) in [6, 6.07) is 7.43. The standard InChI is InChI=1S/C21H19F2N5O3/c1-10(2)30-18-13(22)5-6-14(17(18)23)26-20-24-9-11(3)19(28-20)25-12-4-7-16-15(8-12)27-21(29)31-16/h4-10H,1-3H3,(H,27,29)(H2,24,25,26,28). The van der Waals surface area contributed by atoms with Crippen LogP contribution in [0.3, 0.4) is 0 Å². The number of anilines is 4. The van der Waals surface area contributed by atoms with Crippen LogP contribution in [-0.2, 0) is 0 Å². The summed E-state index contributed by atoms with van der Waals surface area (Å²) in [5, 5.41) is 5.88. The number of halogens is 2. The summed E-state index contributed by atoms with van der Waals surface area (Å²) in [7, 11) is 0. The molecule has 0 bridgehead atoms. The number of aromatic nitrogens is 3. The van der Waals surface area contributed by atoms with Crippen LogP contribution >= 0.6 is 0 Å². The summed E-state index contributed by atoms with van der Waals surface area (Å²) in [5.74, 6) is -2.11. The molecule has 4 rings (SSSR count). The number of benzene rings is 2. The molecule has 0 aliphatic carbocycles. The summed E-state index contributed by atoms with van der Waals surface area (Å²) in [6.07, 6.45) is 1.16. The molecule has 0 saturated heterocycles. The molecule has 2 aromatic heterocycles. The average molecular weight is 427 g/mol. The van der Waals surface area contributed by atoms with Crippen LogP contribution in [-0.4, -0.2) is 21.1 Å². The van der Waals surface area contributed by atoms with E-state index < -0.39 is 29.2 Å². The molecule has 0 radical (unpaired) electrons. The van der Waals surface area contributed by atoms with E-state index in [1.165, 1.54) is 6.07 Å². The number of nitrogens with one attached hydrogen (secondary N) is 3. The first-order valence-electron chi connectivity index (χ1n) is 9.45. The molecule has 10 heteroatoms. The van der Waals surface area contributed by atoms with E-state index in [2.05, 4.69) is 25.6 Å². The van der Waals surface area contributed by atoms with Crippen molar-refractivity contribution in [1.82, 2.24) is 15.0 Å². The van der Waals surface area contributed by atoms with E-state index in [1.807, 2.05) is 0 Å². The number of fused-ring (bicyclic) bond motifs is 1. The summed E-state index contributed by atoms with van der Waals surface area (Å²) >= 11 is 0. The number of aryl methyl sites for hydroxylation is 1. The van der Waals surface area contributed by atoms with Crippen LogP contribution < -0.4 is 21.1 Å². The van der Waals surface area contributed by atoms with E-state index in [0.717, 1.165) is 11.6 Å². The first-order valence-corrected chi connectivity index (χ1v) is 9.45. The molecular formula is C21H19F2N5O3. The fourth-order valence-corrected chi connectivity index (χ4v) is 2.89. The number of rotatable bonds is 6. The zero-order valence-electron chi connectivity index (χ0n) is 16.9. The van der Waals surface area contributed by atoms with E-state index in [-0.39, 0.29) is 11.6 Å². The number of H-pyrrole nitrogens is 1. The molecular weight excluding hydrogens is 408 g/mol. The van der Waals surface area contributed by atoms with Crippen molar-refractivity contribution in [2.24, 2.45) is 0 Å². The molecule has 3 N–H and O–H groups in total. The van der Waals surface area contributed by atoms with Crippen molar-refractivity contribution in [2.75, 3.05) is 10.6 Å². The summed E-state index contributed by atoms with van der Waals surface area (Å²) in [5.41, 5.74) is 2.33. The lowest BCUT2D eigenvalue weighted by Gasteiger charge is -2.15. The van der Waals surface area contributed by atoms with Crippen LogP contribution in [0.25, 0.3) is 11.1 Å². The Balaban J connectivity index is 1.61. The third-order valence-electron chi connectivity index (χ3n) is 4.30. The van der Waals surface area contributed by atoms with Gasteiger partial charge in [0.15, 0.2) is 23.0 Å². The van der Waals surface area contributed by atoms with Crippen molar-refractivity contribution in [2.45, 2.75) is 26.9 Å². The highest BCUT2D eigenvalue weighted by Crippen LogP contribution is 2.30. The lowest BCUT2D eigenvalue weighted by Crippen LogP contribution is -2.10. The molecule has 2 heterocycles. The van der Waals surface area contributed by atoms with E-state index >= 15 is 0 Å². The lowest BCUT2D eigenvalue weighted by atomic mass is 10.2. The SMILES string of the molecule is Cc1cnc(Nc2ccc(F)c(OC(C)C)c2F)nc1Nc1ccc2oc(=O)[nH]c2c1. The second kappa shape index (κ2) is 8.05. The molecule has 0 unspecified atom stereocenters. The predicted molar refractivity (Wildman–Crippen MR) is 112 cm³/mol. The second-order valence-corrected chi connectivity index (χ2v) is 7.11. The van der Waals surface area contributed by atoms with Gasteiger partial charge in [-0.1, -0.05) is 0 Å². The number of hydrogen-bond donors (Lipinski definition) is 3. The highest BCUT2D eigenvalue weighted by atomic mass is 19.1. The molecule has 8 nitrogen and oxygen atoms in total. The quantitative estimate of drug-likeness (QED) is 0.407. The Morgan fingerprint density at radius 3 is 2.74 bits per heavy atom. The topological polar surface area (TPSA) is 105 Å². The largest absolute Gasteiger partial charge is 0.485 e. The molecule has 4 aromatic rings. The molecule has 0 atom stereocenters. The number of nitrogens with zero attached hydrogens (tertiary/aromatic N) is 2. The molecule has 0 aliphatic heterocycles. The molecule has 0 aliphatic rings. The van der Waals surface area contributed by atoms with Crippen molar-refractivity contribution in [3.05, 3.63) is 64.3 Å². The summed E-state index contributed by atoms with van der Waals surface area (Å²) in [6.45, 7) is 5.16. The zero-order valence-corrected chi connectivity index (χ0v) is 16.9. The van der Waals surface area contributed by atoms with Gasteiger partial charge in [0.2, 0.25) is 5.95 Å². The Morgan fingerprint density at radius 1 is 1.16 bits per heavy atom. The van der Waals surface area contributed by atoms with E-state index in [4.69, 9.17) is 9.15 Å². The number of oxazole rings is 1. The number of hydrogen-bond acceptors (Lipinski definition) is 7. The van der Waals surface area contributed by atoms with Crippen LogP contribution in [0.4, 0.5) is 31.9 Å². The Morgan fingerprint density at radius 2 is 1.97 bits per heavy atom. The minimum Gasteiger partial charge on any atom is -0.485 e. The van der Waals surface area contributed by atoms with Crippen LogP contribution in [0.15, 0.2) is 45.7 Å². The third-order valence-corrected chi connectivity index (χ3v) is 4.30. The maximum absolute atomic E-state index is 14.7. The van der Waals surface area contributed by atoms with Gasteiger partial charge in [0, 0.05) is 17.4 Å². The minimum absolute atomic E-state index is 0.0238. The van der Waals surface area contributed by atoms with Gasteiger partial charge >= 0.3 is 5.76 Å².